The van der Waals surface area contributed by atoms with Crippen LogP contribution < -0.4 is 5.32 Å². The lowest BCUT2D eigenvalue weighted by molar-refractivity contribution is -0.142. The lowest BCUT2D eigenvalue weighted by atomic mass is 9.86. The Hall–Kier alpha value is -2.12. The molecule has 22 heavy (non-hydrogen) atoms. The van der Waals surface area contributed by atoms with E-state index in [1.54, 1.807) is 0 Å². The van der Waals surface area contributed by atoms with Crippen molar-refractivity contribution in [1.82, 2.24) is 0 Å². The molecule has 1 aromatic carbocycles. The van der Waals surface area contributed by atoms with Gasteiger partial charge in [-0.1, -0.05) is 0 Å². The predicted octanol–water partition coefficient (Wildman–Crippen LogP) is 4.16. The first-order chi connectivity index (χ1) is 10.3. The van der Waals surface area contributed by atoms with Gasteiger partial charge in [0.2, 0.25) is 0 Å². The molecule has 0 radical (unpaired) electrons. The van der Waals surface area contributed by atoms with Crippen molar-refractivity contribution in [3.8, 4) is 0 Å². The maximum Gasteiger partial charge on any atom is 0.418 e. The van der Waals surface area contributed by atoms with Crippen LogP contribution in [0.15, 0.2) is 23.4 Å². The fourth-order valence-electron chi connectivity index (χ4n) is 2.65. The first-order valence-electron chi connectivity index (χ1n) is 6.85. The lowest BCUT2D eigenvalue weighted by Crippen LogP contribution is -2.29. The summed E-state index contributed by atoms with van der Waals surface area (Å²) in [6.45, 7) is 0. The van der Waals surface area contributed by atoms with Crippen LogP contribution in [0.4, 0.5) is 24.5 Å². The van der Waals surface area contributed by atoms with Gasteiger partial charge in [-0.3, -0.25) is 4.79 Å². The van der Waals surface area contributed by atoms with Gasteiger partial charge in [-0.2, -0.15) is 13.2 Å². The summed E-state index contributed by atoms with van der Waals surface area (Å²) in [7, 11) is 0. The van der Waals surface area contributed by atoms with Crippen LogP contribution in [0.5, 0.6) is 0 Å². The van der Waals surface area contributed by atoms with E-state index < -0.39 is 23.4 Å². The van der Waals surface area contributed by atoms with E-state index in [9.17, 15) is 22.9 Å². The van der Waals surface area contributed by atoms with Crippen LogP contribution in [0.2, 0.25) is 0 Å². The second kappa shape index (κ2) is 6.33. The van der Waals surface area contributed by atoms with E-state index in [0.29, 0.717) is 25.7 Å². The van der Waals surface area contributed by atoms with Gasteiger partial charge >= 0.3 is 12.1 Å². The van der Waals surface area contributed by atoms with Crippen LogP contribution in [0.3, 0.4) is 0 Å². The third kappa shape index (κ3) is 3.75. The standard InChI is InChI=1S/C14H15F3N2O3/c15-14(16,17)11-7-10(5-6-12(11)19-22)18-9-3-1-8(2-4-9)13(20)21/h5-9,18H,1-4H2,(H,20,21). The molecule has 120 valence electrons. The van der Waals surface area contributed by atoms with Gasteiger partial charge in [0.05, 0.1) is 11.5 Å². The minimum atomic E-state index is -4.65. The fraction of sp³-hybridized carbons (Fsp3) is 0.500. The monoisotopic (exact) mass is 316 g/mol. The van der Waals surface area contributed by atoms with E-state index in [-0.39, 0.29) is 17.6 Å². The van der Waals surface area contributed by atoms with Crippen LogP contribution >= 0.6 is 0 Å². The molecule has 0 amide bonds. The van der Waals surface area contributed by atoms with Crippen LogP contribution in [-0.2, 0) is 11.0 Å². The van der Waals surface area contributed by atoms with Crippen LogP contribution in [0.1, 0.15) is 31.2 Å². The van der Waals surface area contributed by atoms with Crippen LogP contribution in [0, 0.1) is 10.8 Å². The largest absolute Gasteiger partial charge is 0.481 e. The average molecular weight is 316 g/mol. The summed E-state index contributed by atoms with van der Waals surface area (Å²) in [5.74, 6) is -1.22. The van der Waals surface area contributed by atoms with E-state index in [2.05, 4.69) is 10.5 Å². The first kappa shape index (κ1) is 16.3. The second-order valence-corrected chi connectivity index (χ2v) is 5.35. The van der Waals surface area contributed by atoms with Gasteiger partial charge in [0.15, 0.2) is 0 Å². The number of nitroso groups, excluding NO2 is 1. The Morgan fingerprint density at radius 2 is 1.86 bits per heavy atom. The molecule has 1 aliphatic rings. The number of aliphatic carboxylic acids is 1. The number of carboxylic acids is 1. The minimum absolute atomic E-state index is 0.0771. The molecule has 1 aromatic rings. The molecule has 0 aromatic heterocycles. The Bertz CT molecular complexity index is 567. The number of nitrogens with zero attached hydrogens (tertiary/aromatic N) is 1. The summed E-state index contributed by atoms with van der Waals surface area (Å²) in [4.78, 5) is 21.3. The first-order valence-corrected chi connectivity index (χ1v) is 6.85. The molecule has 0 bridgehead atoms. The van der Waals surface area contributed by atoms with E-state index >= 15 is 0 Å². The van der Waals surface area contributed by atoms with Crippen molar-refractivity contribution in [1.29, 1.82) is 0 Å². The molecular weight excluding hydrogens is 301 g/mol. The molecular formula is C14H15F3N2O3. The van der Waals surface area contributed by atoms with Gasteiger partial charge in [-0.15, -0.1) is 4.91 Å². The molecule has 0 saturated heterocycles. The molecule has 0 atom stereocenters. The molecule has 1 saturated carbocycles. The molecule has 1 fully saturated rings. The second-order valence-electron chi connectivity index (χ2n) is 5.35. The number of hydrogen-bond acceptors (Lipinski definition) is 4. The Morgan fingerprint density at radius 3 is 2.36 bits per heavy atom. The topological polar surface area (TPSA) is 78.8 Å². The summed E-state index contributed by atoms with van der Waals surface area (Å²) in [5.41, 5.74) is -1.47. The average Bonchev–Trinajstić information content (AvgIpc) is 2.47. The van der Waals surface area contributed by atoms with Crippen molar-refractivity contribution in [3.63, 3.8) is 0 Å². The Morgan fingerprint density at radius 1 is 1.23 bits per heavy atom. The van der Waals surface area contributed by atoms with E-state index in [0.717, 1.165) is 12.1 Å². The maximum absolute atomic E-state index is 12.8. The van der Waals surface area contributed by atoms with Gasteiger partial charge in [-0.25, -0.2) is 0 Å². The molecule has 0 heterocycles. The molecule has 2 rings (SSSR count). The zero-order chi connectivity index (χ0) is 16.3. The molecule has 5 nitrogen and oxygen atoms in total. The molecule has 8 heteroatoms. The van der Waals surface area contributed by atoms with Crippen molar-refractivity contribution < 1.29 is 23.1 Å². The lowest BCUT2D eigenvalue weighted by Gasteiger charge is -2.27. The zero-order valence-electron chi connectivity index (χ0n) is 11.6. The van der Waals surface area contributed by atoms with Crippen molar-refractivity contribution in [2.24, 2.45) is 11.1 Å². The zero-order valence-corrected chi connectivity index (χ0v) is 11.6. The summed E-state index contributed by atoms with van der Waals surface area (Å²) in [5, 5.41) is 14.3. The van der Waals surface area contributed by atoms with Crippen molar-refractivity contribution in [3.05, 3.63) is 28.7 Å². The molecule has 0 unspecified atom stereocenters. The normalized spacial score (nSPS) is 22.1. The number of alkyl halides is 3. The van der Waals surface area contributed by atoms with Crippen molar-refractivity contribution >= 4 is 17.3 Å². The predicted molar refractivity (Wildman–Crippen MR) is 73.9 cm³/mol. The highest BCUT2D eigenvalue weighted by atomic mass is 19.4. The highest BCUT2D eigenvalue weighted by Crippen LogP contribution is 2.38. The number of hydrogen-bond donors (Lipinski definition) is 2. The third-order valence-corrected chi connectivity index (χ3v) is 3.85. The number of benzene rings is 1. The number of nitrogens with one attached hydrogen (secondary N) is 1. The van der Waals surface area contributed by atoms with Gasteiger partial charge in [-0.05, 0) is 49.1 Å². The van der Waals surface area contributed by atoms with Crippen LogP contribution in [0.25, 0.3) is 0 Å². The van der Waals surface area contributed by atoms with E-state index in [4.69, 9.17) is 5.11 Å². The van der Waals surface area contributed by atoms with E-state index in [1.165, 1.54) is 6.07 Å². The Labute approximate surface area is 124 Å². The minimum Gasteiger partial charge on any atom is -0.481 e. The number of carboxylic acid groups (broad SMARTS) is 1. The molecule has 0 aliphatic heterocycles. The van der Waals surface area contributed by atoms with Crippen LogP contribution in [-0.4, -0.2) is 17.1 Å². The summed E-state index contributed by atoms with van der Waals surface area (Å²) < 4.78 is 38.5. The summed E-state index contributed by atoms with van der Waals surface area (Å²) in [6.07, 6.45) is -2.51. The summed E-state index contributed by atoms with van der Waals surface area (Å²) >= 11 is 0. The Balaban J connectivity index is 2.08. The highest BCUT2D eigenvalue weighted by molar-refractivity contribution is 5.70. The van der Waals surface area contributed by atoms with E-state index in [1.807, 2.05) is 0 Å². The van der Waals surface area contributed by atoms with Gasteiger partial charge in [0.1, 0.15) is 5.69 Å². The summed E-state index contributed by atoms with van der Waals surface area (Å²) in [6, 6.07) is 3.18. The fourth-order valence-corrected chi connectivity index (χ4v) is 2.65. The van der Waals surface area contributed by atoms with Crippen molar-refractivity contribution in [2.75, 3.05) is 5.32 Å². The number of rotatable bonds is 4. The number of anilines is 1. The van der Waals surface area contributed by atoms with Gasteiger partial charge in [0.25, 0.3) is 0 Å². The number of carbonyl (C=O) groups is 1. The molecule has 2 N–H and O–H groups in total. The molecule has 1 aliphatic carbocycles. The number of halogens is 3. The molecule has 0 spiro atoms. The van der Waals surface area contributed by atoms with Gasteiger partial charge < -0.3 is 10.4 Å². The smallest absolute Gasteiger partial charge is 0.418 e. The van der Waals surface area contributed by atoms with Crippen molar-refractivity contribution in [2.45, 2.75) is 37.9 Å². The van der Waals surface area contributed by atoms with Gasteiger partial charge in [0, 0.05) is 11.7 Å². The quantitative estimate of drug-likeness (QED) is 0.818. The third-order valence-electron chi connectivity index (χ3n) is 3.85. The highest BCUT2D eigenvalue weighted by Gasteiger charge is 2.34. The SMILES string of the molecule is O=Nc1ccc(NC2CCC(C(=O)O)CC2)cc1C(F)(F)F. The Kier molecular flexibility index (Phi) is 4.68. The maximum atomic E-state index is 12.8.